The van der Waals surface area contributed by atoms with E-state index in [-0.39, 0.29) is 10.3 Å². The fraction of sp³-hybridized carbons (Fsp3) is 0.583. The Morgan fingerprint density at radius 1 is 1.47 bits per heavy atom. The van der Waals surface area contributed by atoms with Gasteiger partial charge < -0.3 is 5.43 Å². The quantitative estimate of drug-likeness (QED) is 0.517. The molecule has 1 saturated carbocycles. The highest BCUT2D eigenvalue weighted by atomic mass is 32.2. The topological polar surface area (TPSA) is 97.1 Å². The molecular weight excluding hydrogens is 264 g/mol. The molecule has 1 aliphatic rings. The number of rotatable bonds is 7. The Balaban J connectivity index is 2.10. The number of hydrogen-bond acceptors (Lipinski definition) is 5. The number of nitrogens with zero attached hydrogens (tertiary/aromatic N) is 1. The summed E-state index contributed by atoms with van der Waals surface area (Å²) >= 11 is 0. The monoisotopic (exact) mass is 284 g/mol. The zero-order chi connectivity index (χ0) is 13.9. The lowest BCUT2D eigenvalue weighted by Crippen LogP contribution is -2.31. The second-order valence-corrected chi connectivity index (χ2v) is 6.83. The first-order valence-corrected chi connectivity index (χ1v) is 7.92. The Labute approximate surface area is 113 Å². The second-order valence-electron chi connectivity index (χ2n) is 5.09. The fourth-order valence-electron chi connectivity index (χ4n) is 2.26. The molecule has 106 valence electrons. The number of pyridine rings is 1. The van der Waals surface area contributed by atoms with Gasteiger partial charge in [-0.2, -0.15) is 0 Å². The summed E-state index contributed by atoms with van der Waals surface area (Å²) in [7, 11) is -3.57. The third kappa shape index (κ3) is 3.23. The maximum absolute atomic E-state index is 12.2. The van der Waals surface area contributed by atoms with Crippen molar-refractivity contribution in [3.63, 3.8) is 0 Å². The van der Waals surface area contributed by atoms with Crippen LogP contribution in [0.25, 0.3) is 0 Å². The van der Waals surface area contributed by atoms with Crippen molar-refractivity contribution < 1.29 is 8.42 Å². The van der Waals surface area contributed by atoms with Crippen LogP contribution in [0.15, 0.2) is 23.4 Å². The third-order valence-electron chi connectivity index (χ3n) is 3.60. The van der Waals surface area contributed by atoms with Gasteiger partial charge in [-0.05, 0) is 30.7 Å². The van der Waals surface area contributed by atoms with Crippen molar-refractivity contribution in [1.29, 1.82) is 0 Å². The van der Waals surface area contributed by atoms with Crippen LogP contribution in [0.4, 0.5) is 5.69 Å². The van der Waals surface area contributed by atoms with Gasteiger partial charge in [-0.25, -0.2) is 13.1 Å². The fourth-order valence-corrected chi connectivity index (χ4v) is 3.53. The molecular formula is C12H20N4O2S. The van der Waals surface area contributed by atoms with Crippen LogP contribution < -0.4 is 16.0 Å². The van der Waals surface area contributed by atoms with Gasteiger partial charge >= 0.3 is 0 Å². The SMILES string of the molecule is CCCC1(CNS(=O)(=O)c2cnccc2NN)CC1. The molecule has 1 fully saturated rings. The number of aromatic nitrogens is 1. The summed E-state index contributed by atoms with van der Waals surface area (Å²) in [6.45, 7) is 2.61. The summed E-state index contributed by atoms with van der Waals surface area (Å²) in [6.07, 6.45) is 7.12. The molecule has 19 heavy (non-hydrogen) atoms. The maximum atomic E-state index is 12.2. The van der Waals surface area contributed by atoms with Gasteiger partial charge in [-0.1, -0.05) is 13.3 Å². The molecule has 1 aromatic heterocycles. The van der Waals surface area contributed by atoms with E-state index in [2.05, 4.69) is 22.1 Å². The summed E-state index contributed by atoms with van der Waals surface area (Å²) in [5, 5.41) is 0. The molecule has 1 aliphatic carbocycles. The molecule has 0 saturated heterocycles. The van der Waals surface area contributed by atoms with E-state index in [1.807, 2.05) is 0 Å². The highest BCUT2D eigenvalue weighted by Crippen LogP contribution is 2.49. The van der Waals surface area contributed by atoms with Crippen molar-refractivity contribution in [2.45, 2.75) is 37.5 Å². The van der Waals surface area contributed by atoms with E-state index in [1.165, 1.54) is 18.5 Å². The molecule has 4 N–H and O–H groups in total. The first kappa shape index (κ1) is 14.2. The van der Waals surface area contributed by atoms with Crippen LogP contribution in [0, 0.1) is 5.41 Å². The number of anilines is 1. The molecule has 0 amide bonds. The Morgan fingerprint density at radius 2 is 2.21 bits per heavy atom. The average Bonchev–Trinajstić information content (AvgIpc) is 3.17. The Morgan fingerprint density at radius 3 is 2.79 bits per heavy atom. The van der Waals surface area contributed by atoms with Crippen molar-refractivity contribution in [3.05, 3.63) is 18.5 Å². The van der Waals surface area contributed by atoms with E-state index in [4.69, 9.17) is 5.84 Å². The van der Waals surface area contributed by atoms with Gasteiger partial charge in [0.25, 0.3) is 0 Å². The zero-order valence-electron chi connectivity index (χ0n) is 11.0. The van der Waals surface area contributed by atoms with E-state index in [0.717, 1.165) is 25.7 Å². The first-order valence-electron chi connectivity index (χ1n) is 6.43. The molecule has 0 radical (unpaired) electrons. The molecule has 0 atom stereocenters. The van der Waals surface area contributed by atoms with Gasteiger partial charge in [0.2, 0.25) is 10.0 Å². The molecule has 0 spiro atoms. The predicted molar refractivity (Wildman–Crippen MR) is 73.8 cm³/mol. The Hall–Kier alpha value is -1.18. The average molecular weight is 284 g/mol. The summed E-state index contributed by atoms with van der Waals surface area (Å²) < 4.78 is 27.2. The molecule has 2 rings (SSSR count). The first-order chi connectivity index (χ1) is 9.03. The normalized spacial score (nSPS) is 17.2. The molecule has 1 heterocycles. The van der Waals surface area contributed by atoms with Gasteiger partial charge in [0.05, 0.1) is 5.69 Å². The van der Waals surface area contributed by atoms with Crippen LogP contribution in [0.1, 0.15) is 32.6 Å². The maximum Gasteiger partial charge on any atom is 0.244 e. The minimum atomic E-state index is -3.57. The van der Waals surface area contributed by atoms with E-state index in [9.17, 15) is 8.42 Å². The van der Waals surface area contributed by atoms with Gasteiger partial charge in [0.15, 0.2) is 0 Å². The van der Waals surface area contributed by atoms with Crippen LogP contribution in [0.2, 0.25) is 0 Å². The summed E-state index contributed by atoms with van der Waals surface area (Å²) in [5.74, 6) is 5.32. The highest BCUT2D eigenvalue weighted by Gasteiger charge is 2.42. The number of hydrogen-bond donors (Lipinski definition) is 3. The number of nitrogens with two attached hydrogens (primary N) is 1. The van der Waals surface area contributed by atoms with Crippen molar-refractivity contribution >= 4 is 15.7 Å². The lowest BCUT2D eigenvalue weighted by atomic mass is 10.0. The smallest absolute Gasteiger partial charge is 0.244 e. The van der Waals surface area contributed by atoms with E-state index < -0.39 is 10.0 Å². The molecule has 0 bridgehead atoms. The second kappa shape index (κ2) is 5.44. The minimum Gasteiger partial charge on any atom is -0.323 e. The van der Waals surface area contributed by atoms with Crippen molar-refractivity contribution in [2.24, 2.45) is 11.3 Å². The number of sulfonamides is 1. The predicted octanol–water partition coefficient (Wildman–Crippen LogP) is 1.23. The van der Waals surface area contributed by atoms with E-state index in [0.29, 0.717) is 12.2 Å². The highest BCUT2D eigenvalue weighted by molar-refractivity contribution is 7.89. The van der Waals surface area contributed by atoms with E-state index >= 15 is 0 Å². The van der Waals surface area contributed by atoms with Crippen molar-refractivity contribution in [1.82, 2.24) is 9.71 Å². The van der Waals surface area contributed by atoms with Crippen LogP contribution in [0.5, 0.6) is 0 Å². The van der Waals surface area contributed by atoms with Crippen LogP contribution in [0.3, 0.4) is 0 Å². The molecule has 0 aliphatic heterocycles. The molecule has 0 unspecified atom stereocenters. The third-order valence-corrected chi connectivity index (χ3v) is 5.03. The number of nitrogens with one attached hydrogen (secondary N) is 2. The Bertz CT molecular complexity index is 540. The van der Waals surface area contributed by atoms with E-state index in [1.54, 1.807) is 0 Å². The minimum absolute atomic E-state index is 0.0878. The van der Waals surface area contributed by atoms with Crippen molar-refractivity contribution in [2.75, 3.05) is 12.0 Å². The van der Waals surface area contributed by atoms with Crippen LogP contribution in [-0.2, 0) is 10.0 Å². The number of nitrogen functional groups attached to an aromatic ring is 1. The molecule has 6 nitrogen and oxygen atoms in total. The van der Waals surface area contributed by atoms with Crippen LogP contribution >= 0.6 is 0 Å². The standard InChI is InChI=1S/C12H20N4O2S/c1-2-4-12(5-6-12)9-15-19(17,18)11-8-14-7-3-10(11)16-13/h3,7-8,15H,2,4-6,9,13H2,1H3,(H,14,16). The lowest BCUT2D eigenvalue weighted by molar-refractivity contribution is 0.449. The zero-order valence-corrected chi connectivity index (χ0v) is 11.8. The van der Waals surface area contributed by atoms with Crippen LogP contribution in [-0.4, -0.2) is 19.9 Å². The Kier molecular flexibility index (Phi) is 4.07. The summed E-state index contributed by atoms with van der Waals surface area (Å²) in [6, 6.07) is 1.54. The molecule has 0 aromatic carbocycles. The molecule has 1 aromatic rings. The number of hydrazine groups is 1. The van der Waals surface area contributed by atoms with Gasteiger partial charge in [-0.15, -0.1) is 0 Å². The summed E-state index contributed by atoms with van der Waals surface area (Å²) in [4.78, 5) is 3.93. The van der Waals surface area contributed by atoms with Gasteiger partial charge in [-0.3, -0.25) is 10.8 Å². The van der Waals surface area contributed by atoms with Crippen molar-refractivity contribution in [3.8, 4) is 0 Å². The lowest BCUT2D eigenvalue weighted by Gasteiger charge is -2.16. The van der Waals surface area contributed by atoms with Gasteiger partial charge in [0.1, 0.15) is 4.90 Å². The largest absolute Gasteiger partial charge is 0.323 e. The summed E-state index contributed by atoms with van der Waals surface area (Å²) in [5.41, 5.74) is 2.90. The van der Waals surface area contributed by atoms with Gasteiger partial charge in [0, 0.05) is 18.9 Å². The molecule has 7 heteroatoms.